The van der Waals surface area contributed by atoms with E-state index < -0.39 is 17.6 Å². The summed E-state index contributed by atoms with van der Waals surface area (Å²) in [4.78, 5) is 44.0. The van der Waals surface area contributed by atoms with Gasteiger partial charge in [0.1, 0.15) is 5.57 Å². The zero-order valence-electron chi connectivity index (χ0n) is 15.6. The molecule has 0 radical (unpaired) electrons. The van der Waals surface area contributed by atoms with Crippen LogP contribution in [0.2, 0.25) is 0 Å². The summed E-state index contributed by atoms with van der Waals surface area (Å²) in [6.45, 7) is 3.74. The molecule has 0 unspecified atom stereocenters. The number of para-hydroxylation sites is 1. The van der Waals surface area contributed by atoms with Gasteiger partial charge >= 0.3 is 0 Å². The van der Waals surface area contributed by atoms with Crippen LogP contribution in [0, 0.1) is 0 Å². The number of fused-ring (bicyclic) bond motifs is 1. The van der Waals surface area contributed by atoms with Crippen LogP contribution in [0.5, 0.6) is 0 Å². The monoisotopic (exact) mass is 417 g/mol. The van der Waals surface area contributed by atoms with Gasteiger partial charge in [-0.2, -0.15) is 0 Å². The van der Waals surface area contributed by atoms with E-state index in [0.29, 0.717) is 5.52 Å². The molecule has 3 aromatic rings. The minimum absolute atomic E-state index is 0.000376. The van der Waals surface area contributed by atoms with Gasteiger partial charge < -0.3 is 4.42 Å². The molecule has 1 aromatic carbocycles. The first-order valence-corrected chi connectivity index (χ1v) is 9.38. The lowest BCUT2D eigenvalue weighted by atomic mass is 10.0. The van der Waals surface area contributed by atoms with Gasteiger partial charge in [0.15, 0.2) is 10.9 Å². The first-order valence-electron chi connectivity index (χ1n) is 8.97. The second kappa shape index (κ2) is 7.84. The molecule has 3 heterocycles. The predicted octanol–water partition coefficient (Wildman–Crippen LogP) is 2.87. The molecule has 8 heteroatoms. The van der Waals surface area contributed by atoms with E-state index in [9.17, 15) is 14.4 Å². The predicted molar refractivity (Wildman–Crippen MR) is 115 cm³/mol. The second-order valence-corrected chi connectivity index (χ2v) is 6.83. The molecule has 1 fully saturated rings. The molecule has 1 N–H and O–H groups in total. The van der Waals surface area contributed by atoms with Gasteiger partial charge in [-0.3, -0.25) is 24.6 Å². The van der Waals surface area contributed by atoms with Crippen LogP contribution in [0.1, 0.15) is 21.8 Å². The molecule has 0 spiro atoms. The maximum Gasteiger partial charge on any atom is 0.266 e. The number of thiocarbonyl (C=S) groups is 1. The number of carbonyl (C=O) groups excluding carboxylic acids is 3. The smallest absolute Gasteiger partial charge is 0.266 e. The summed E-state index contributed by atoms with van der Waals surface area (Å²) >= 11 is 5.06. The normalized spacial score (nSPS) is 15.5. The fourth-order valence-electron chi connectivity index (χ4n) is 3.09. The fraction of sp³-hybridized carbons (Fsp3) is 0.0455. The first kappa shape index (κ1) is 19.4. The first-order chi connectivity index (χ1) is 14.5. The van der Waals surface area contributed by atoms with Gasteiger partial charge in [-0.25, -0.2) is 4.98 Å². The summed E-state index contributed by atoms with van der Waals surface area (Å²) < 4.78 is 5.23. The third kappa shape index (κ3) is 3.44. The number of nitrogens with zero attached hydrogens (tertiary/aromatic N) is 2. The SMILES string of the molecule is C=CCN1C(=O)/C(=C\c2nc3ccccc3cc2C(=O)c2ccco2)C(=O)NC1=S. The van der Waals surface area contributed by atoms with Crippen molar-refractivity contribution in [1.82, 2.24) is 15.2 Å². The molecule has 7 nitrogen and oxygen atoms in total. The largest absolute Gasteiger partial charge is 0.461 e. The van der Waals surface area contributed by atoms with Gasteiger partial charge in [-0.1, -0.05) is 24.3 Å². The van der Waals surface area contributed by atoms with Crippen LogP contribution in [0.3, 0.4) is 0 Å². The molecule has 0 aliphatic carbocycles. The van der Waals surface area contributed by atoms with Crippen LogP contribution in [0.4, 0.5) is 0 Å². The van der Waals surface area contributed by atoms with Crippen molar-refractivity contribution < 1.29 is 18.8 Å². The highest BCUT2D eigenvalue weighted by Gasteiger charge is 2.33. The zero-order chi connectivity index (χ0) is 21.3. The number of carbonyl (C=O) groups is 3. The van der Waals surface area contributed by atoms with Crippen LogP contribution in [0.15, 0.2) is 71.4 Å². The highest BCUT2D eigenvalue weighted by molar-refractivity contribution is 7.80. The van der Waals surface area contributed by atoms with Crippen molar-refractivity contribution in [3.8, 4) is 0 Å². The Kier molecular flexibility index (Phi) is 5.07. The molecule has 0 bridgehead atoms. The molecule has 2 aromatic heterocycles. The van der Waals surface area contributed by atoms with E-state index >= 15 is 0 Å². The Hall–Kier alpha value is -3.91. The Morgan fingerprint density at radius 1 is 1.23 bits per heavy atom. The van der Waals surface area contributed by atoms with Crippen molar-refractivity contribution in [1.29, 1.82) is 0 Å². The number of ketones is 1. The second-order valence-electron chi connectivity index (χ2n) is 6.44. The molecular formula is C22H15N3O4S. The molecule has 0 atom stereocenters. The highest BCUT2D eigenvalue weighted by Crippen LogP contribution is 2.23. The fourth-order valence-corrected chi connectivity index (χ4v) is 3.34. The molecule has 1 saturated heterocycles. The average Bonchev–Trinajstić information content (AvgIpc) is 3.28. The average molecular weight is 417 g/mol. The van der Waals surface area contributed by atoms with Gasteiger partial charge in [0.05, 0.1) is 23.0 Å². The molecule has 1 aliphatic heterocycles. The number of rotatable bonds is 5. The number of hydrogen-bond acceptors (Lipinski definition) is 6. The van der Waals surface area contributed by atoms with E-state index in [1.165, 1.54) is 29.4 Å². The number of amides is 2. The van der Waals surface area contributed by atoms with Crippen LogP contribution in [0.25, 0.3) is 17.0 Å². The number of benzene rings is 1. The van der Waals surface area contributed by atoms with Crippen LogP contribution < -0.4 is 5.32 Å². The molecule has 0 saturated carbocycles. The maximum absolute atomic E-state index is 13.0. The van der Waals surface area contributed by atoms with Crippen molar-refractivity contribution in [3.05, 3.63) is 84.0 Å². The lowest BCUT2D eigenvalue weighted by molar-refractivity contribution is -0.128. The standard InChI is InChI=1S/C22H15N3O4S/c1-2-9-25-21(28)15(20(27)24-22(25)30)12-17-14(19(26)18-8-5-10-29-18)11-13-6-3-4-7-16(13)23-17/h2-8,10-12H,1,9H2,(H,24,27,30)/b15-12-. The lowest BCUT2D eigenvalue weighted by Crippen LogP contribution is -2.53. The summed E-state index contributed by atoms with van der Waals surface area (Å²) in [5.41, 5.74) is 0.823. The Bertz CT molecular complexity index is 1240. The van der Waals surface area contributed by atoms with Gasteiger partial charge in [0.2, 0.25) is 5.78 Å². The molecule has 2 amide bonds. The van der Waals surface area contributed by atoms with Gasteiger partial charge in [-0.15, -0.1) is 6.58 Å². The van der Waals surface area contributed by atoms with Crippen molar-refractivity contribution in [2.45, 2.75) is 0 Å². The molecule has 1 aliphatic rings. The molecular weight excluding hydrogens is 402 g/mol. The summed E-state index contributed by atoms with van der Waals surface area (Å²) in [7, 11) is 0. The Labute approximate surface area is 176 Å². The molecule has 148 valence electrons. The minimum Gasteiger partial charge on any atom is -0.461 e. The lowest BCUT2D eigenvalue weighted by Gasteiger charge is -2.27. The van der Waals surface area contributed by atoms with Gasteiger partial charge in [0, 0.05) is 11.9 Å². The van der Waals surface area contributed by atoms with Crippen LogP contribution in [-0.4, -0.2) is 39.1 Å². The van der Waals surface area contributed by atoms with E-state index in [2.05, 4.69) is 16.9 Å². The third-order valence-corrected chi connectivity index (χ3v) is 4.84. The Morgan fingerprint density at radius 2 is 2.03 bits per heavy atom. The van der Waals surface area contributed by atoms with E-state index in [0.717, 1.165) is 5.39 Å². The summed E-state index contributed by atoms with van der Waals surface area (Å²) in [6, 6.07) is 12.0. The number of nitrogens with one attached hydrogen (secondary N) is 1. The van der Waals surface area contributed by atoms with Gasteiger partial charge in [-0.05, 0) is 42.6 Å². The molecule has 30 heavy (non-hydrogen) atoms. The van der Waals surface area contributed by atoms with Crippen molar-refractivity contribution in [2.75, 3.05) is 6.54 Å². The number of furan rings is 1. The summed E-state index contributed by atoms with van der Waals surface area (Å²) in [5.74, 6) is -1.53. The van der Waals surface area contributed by atoms with Crippen LogP contribution >= 0.6 is 12.2 Å². The van der Waals surface area contributed by atoms with Crippen LogP contribution in [-0.2, 0) is 9.59 Å². The van der Waals surface area contributed by atoms with Crippen molar-refractivity contribution in [2.24, 2.45) is 0 Å². The van der Waals surface area contributed by atoms with E-state index in [4.69, 9.17) is 16.6 Å². The maximum atomic E-state index is 13.0. The van der Waals surface area contributed by atoms with Gasteiger partial charge in [0.25, 0.3) is 11.8 Å². The van der Waals surface area contributed by atoms with Crippen molar-refractivity contribution in [3.63, 3.8) is 0 Å². The third-order valence-electron chi connectivity index (χ3n) is 4.52. The number of pyridine rings is 1. The van der Waals surface area contributed by atoms with E-state index in [-0.39, 0.29) is 34.2 Å². The Morgan fingerprint density at radius 3 is 2.77 bits per heavy atom. The van der Waals surface area contributed by atoms with E-state index in [1.54, 1.807) is 18.2 Å². The Balaban J connectivity index is 1.88. The topological polar surface area (TPSA) is 92.5 Å². The number of hydrogen-bond donors (Lipinski definition) is 1. The molecule has 4 rings (SSSR count). The summed E-state index contributed by atoms with van der Waals surface area (Å²) in [5, 5.41) is 3.22. The number of aromatic nitrogens is 1. The van der Waals surface area contributed by atoms with E-state index in [1.807, 2.05) is 18.2 Å². The van der Waals surface area contributed by atoms with Crippen molar-refractivity contribution >= 4 is 51.9 Å². The summed E-state index contributed by atoms with van der Waals surface area (Å²) in [6.07, 6.45) is 4.20. The quantitative estimate of drug-likeness (QED) is 0.226. The zero-order valence-corrected chi connectivity index (χ0v) is 16.4. The minimum atomic E-state index is -0.656. The highest BCUT2D eigenvalue weighted by atomic mass is 32.1.